The molecular formula is C23H19ClN4O2. The number of hydrogen-bond donors (Lipinski definition) is 1. The fourth-order valence-electron chi connectivity index (χ4n) is 4.20. The molecule has 3 heterocycles. The molecular weight excluding hydrogens is 400 g/mol. The maximum Gasteiger partial charge on any atom is 0.242 e. The van der Waals surface area contributed by atoms with Crippen molar-refractivity contribution in [3.8, 4) is 17.3 Å². The van der Waals surface area contributed by atoms with Crippen LogP contribution >= 0.6 is 11.6 Å². The van der Waals surface area contributed by atoms with Gasteiger partial charge in [0.15, 0.2) is 11.6 Å². The topological polar surface area (TPSA) is 72.9 Å². The molecule has 6 nitrogen and oxygen atoms in total. The summed E-state index contributed by atoms with van der Waals surface area (Å²) in [6, 6.07) is 16.0. The van der Waals surface area contributed by atoms with Crippen LogP contribution in [0.4, 0.5) is 0 Å². The molecule has 2 unspecified atom stereocenters. The van der Waals surface area contributed by atoms with E-state index in [1.54, 1.807) is 10.9 Å². The Balaban J connectivity index is 1.74. The minimum Gasteiger partial charge on any atom is -0.503 e. The summed E-state index contributed by atoms with van der Waals surface area (Å²) in [5.41, 5.74) is 3.18. The summed E-state index contributed by atoms with van der Waals surface area (Å²) in [5, 5.41) is 15.7. The lowest BCUT2D eigenvalue weighted by atomic mass is 9.84. The van der Waals surface area contributed by atoms with Crippen molar-refractivity contribution in [2.45, 2.75) is 25.4 Å². The lowest BCUT2D eigenvalue weighted by Crippen LogP contribution is -2.32. The van der Waals surface area contributed by atoms with Crippen molar-refractivity contribution in [2.75, 3.05) is 0 Å². The standard InChI is InChI=1S/C23H19ClN4O2/c1-14-2-4-15(5-3-14)20(16-6-8-17(24)9-7-16)18-13-27-11-10-25-23(27)21-22(30)19(29)12-26-28(18)21/h2-12,18,20,30H,13H2,1H3. The van der Waals surface area contributed by atoms with E-state index in [1.807, 2.05) is 35.0 Å². The van der Waals surface area contributed by atoms with Crippen LogP contribution in [0.2, 0.25) is 5.02 Å². The lowest BCUT2D eigenvalue weighted by molar-refractivity contribution is 0.331. The van der Waals surface area contributed by atoms with Crippen molar-refractivity contribution >= 4 is 11.6 Å². The highest BCUT2D eigenvalue weighted by molar-refractivity contribution is 6.30. The van der Waals surface area contributed by atoms with E-state index in [0.29, 0.717) is 23.1 Å². The number of halogens is 1. The van der Waals surface area contributed by atoms with E-state index in [-0.39, 0.29) is 17.7 Å². The third kappa shape index (κ3) is 3.00. The minimum atomic E-state index is -0.519. The summed E-state index contributed by atoms with van der Waals surface area (Å²) < 4.78 is 3.69. The molecule has 30 heavy (non-hydrogen) atoms. The predicted octanol–water partition coefficient (Wildman–Crippen LogP) is 4.16. The van der Waals surface area contributed by atoms with Crippen LogP contribution in [-0.4, -0.2) is 24.4 Å². The molecule has 0 spiro atoms. The molecule has 2 aromatic carbocycles. The second-order valence-corrected chi connectivity index (χ2v) is 8.00. The number of nitrogens with zero attached hydrogens (tertiary/aromatic N) is 4. The van der Waals surface area contributed by atoms with Crippen molar-refractivity contribution in [3.63, 3.8) is 0 Å². The van der Waals surface area contributed by atoms with E-state index < -0.39 is 5.43 Å². The molecule has 4 aromatic rings. The second-order valence-electron chi connectivity index (χ2n) is 7.56. The lowest BCUT2D eigenvalue weighted by Gasteiger charge is -2.34. The molecule has 0 bridgehead atoms. The molecule has 5 rings (SSSR count). The van der Waals surface area contributed by atoms with Crippen molar-refractivity contribution in [1.29, 1.82) is 0 Å². The molecule has 0 radical (unpaired) electrons. The largest absolute Gasteiger partial charge is 0.503 e. The van der Waals surface area contributed by atoms with Gasteiger partial charge in [0, 0.05) is 29.9 Å². The smallest absolute Gasteiger partial charge is 0.242 e. The maximum absolute atomic E-state index is 12.1. The van der Waals surface area contributed by atoms with Gasteiger partial charge in [0.2, 0.25) is 5.43 Å². The highest BCUT2D eigenvalue weighted by Crippen LogP contribution is 2.42. The van der Waals surface area contributed by atoms with Crippen LogP contribution in [0.5, 0.6) is 5.75 Å². The van der Waals surface area contributed by atoms with Gasteiger partial charge in [0.1, 0.15) is 5.69 Å². The monoisotopic (exact) mass is 418 g/mol. The quantitative estimate of drug-likeness (QED) is 0.542. The van der Waals surface area contributed by atoms with Gasteiger partial charge in [0.25, 0.3) is 0 Å². The predicted molar refractivity (Wildman–Crippen MR) is 115 cm³/mol. The van der Waals surface area contributed by atoms with E-state index in [1.165, 1.54) is 11.8 Å². The van der Waals surface area contributed by atoms with E-state index in [4.69, 9.17) is 11.6 Å². The molecule has 1 aliphatic heterocycles. The molecule has 1 N–H and O–H groups in total. The number of imidazole rings is 1. The SMILES string of the molecule is Cc1ccc(C(c2ccc(Cl)cc2)C2Cn3ccnc3-c3c(O)c(=O)cnn32)cc1. The van der Waals surface area contributed by atoms with Gasteiger partial charge in [-0.3, -0.25) is 9.48 Å². The van der Waals surface area contributed by atoms with Crippen molar-refractivity contribution in [1.82, 2.24) is 19.3 Å². The van der Waals surface area contributed by atoms with Crippen LogP contribution in [0.1, 0.15) is 28.7 Å². The number of fused-ring (bicyclic) bond motifs is 3. The van der Waals surface area contributed by atoms with Gasteiger partial charge in [0.05, 0.1) is 12.2 Å². The van der Waals surface area contributed by atoms with Crippen LogP contribution in [-0.2, 0) is 6.54 Å². The van der Waals surface area contributed by atoms with E-state index >= 15 is 0 Å². The fourth-order valence-corrected chi connectivity index (χ4v) is 4.32. The normalized spacial score (nSPS) is 16.0. The first kappa shape index (κ1) is 18.6. The highest BCUT2D eigenvalue weighted by Gasteiger charge is 2.35. The Morgan fingerprint density at radius 3 is 2.47 bits per heavy atom. The summed E-state index contributed by atoms with van der Waals surface area (Å²) >= 11 is 6.14. The first-order valence-electron chi connectivity index (χ1n) is 9.67. The summed E-state index contributed by atoms with van der Waals surface area (Å²) in [6.45, 7) is 2.65. The molecule has 2 aromatic heterocycles. The molecule has 0 amide bonds. The zero-order valence-corrected chi connectivity index (χ0v) is 17.0. The van der Waals surface area contributed by atoms with Crippen LogP contribution in [0.15, 0.2) is 71.9 Å². The van der Waals surface area contributed by atoms with Crippen molar-refractivity contribution in [3.05, 3.63) is 99.1 Å². The Bertz CT molecular complexity index is 1230. The van der Waals surface area contributed by atoms with E-state index in [2.05, 4.69) is 41.3 Å². The van der Waals surface area contributed by atoms with Crippen LogP contribution < -0.4 is 5.43 Å². The first-order chi connectivity index (χ1) is 14.5. The van der Waals surface area contributed by atoms with E-state index in [9.17, 15) is 9.90 Å². The summed E-state index contributed by atoms with van der Waals surface area (Å²) in [4.78, 5) is 16.5. The van der Waals surface area contributed by atoms with Gasteiger partial charge < -0.3 is 9.67 Å². The summed E-state index contributed by atoms with van der Waals surface area (Å²) in [7, 11) is 0. The first-order valence-corrected chi connectivity index (χ1v) is 10.0. The fraction of sp³-hybridized carbons (Fsp3) is 0.174. The minimum absolute atomic E-state index is 0.0773. The van der Waals surface area contributed by atoms with E-state index in [0.717, 1.165) is 11.1 Å². The van der Waals surface area contributed by atoms with Crippen molar-refractivity contribution in [2.24, 2.45) is 0 Å². The molecule has 2 atom stereocenters. The molecule has 7 heteroatoms. The number of benzene rings is 2. The van der Waals surface area contributed by atoms with Gasteiger partial charge >= 0.3 is 0 Å². The number of rotatable bonds is 3. The molecule has 0 saturated carbocycles. The van der Waals surface area contributed by atoms with Gasteiger partial charge in [-0.2, -0.15) is 5.10 Å². The molecule has 0 saturated heterocycles. The average Bonchev–Trinajstić information content (AvgIpc) is 3.22. The average molecular weight is 419 g/mol. The van der Waals surface area contributed by atoms with Crippen LogP contribution in [0.25, 0.3) is 11.5 Å². The zero-order valence-electron chi connectivity index (χ0n) is 16.2. The number of aromatic nitrogens is 4. The second kappa shape index (κ2) is 7.15. The van der Waals surface area contributed by atoms with Crippen LogP contribution in [0.3, 0.4) is 0 Å². The molecule has 1 aliphatic rings. The number of aromatic hydroxyl groups is 1. The third-order valence-electron chi connectivity index (χ3n) is 5.66. The summed E-state index contributed by atoms with van der Waals surface area (Å²) in [6.07, 6.45) is 4.69. The Morgan fingerprint density at radius 2 is 1.77 bits per heavy atom. The highest BCUT2D eigenvalue weighted by atomic mass is 35.5. The van der Waals surface area contributed by atoms with Gasteiger partial charge in [-0.1, -0.05) is 53.6 Å². The molecule has 150 valence electrons. The Kier molecular flexibility index (Phi) is 4.44. The van der Waals surface area contributed by atoms with Gasteiger partial charge in [-0.25, -0.2) is 4.98 Å². The van der Waals surface area contributed by atoms with Crippen LogP contribution in [0, 0.1) is 6.92 Å². The molecule has 0 fully saturated rings. The number of hydrogen-bond acceptors (Lipinski definition) is 4. The Hall–Kier alpha value is -3.38. The Labute approximate surface area is 178 Å². The zero-order chi connectivity index (χ0) is 20.8. The van der Waals surface area contributed by atoms with Crippen molar-refractivity contribution < 1.29 is 5.11 Å². The molecule has 0 aliphatic carbocycles. The maximum atomic E-state index is 12.1. The van der Waals surface area contributed by atoms with Gasteiger partial charge in [-0.05, 0) is 30.2 Å². The summed E-state index contributed by atoms with van der Waals surface area (Å²) in [5.74, 6) is 0.125. The van der Waals surface area contributed by atoms with Gasteiger partial charge in [-0.15, -0.1) is 0 Å². The third-order valence-corrected chi connectivity index (χ3v) is 5.91. The Morgan fingerprint density at radius 1 is 1.10 bits per heavy atom. The number of aryl methyl sites for hydroxylation is 1.